The van der Waals surface area contributed by atoms with E-state index in [0.717, 1.165) is 11.1 Å². The van der Waals surface area contributed by atoms with Gasteiger partial charge in [0.2, 0.25) is 0 Å². The quantitative estimate of drug-likeness (QED) is 0.906. The summed E-state index contributed by atoms with van der Waals surface area (Å²) in [4.78, 5) is 0. The number of rotatable bonds is 4. The van der Waals surface area contributed by atoms with Crippen LogP contribution in [0.2, 0.25) is 0 Å². The molecule has 2 nitrogen and oxygen atoms in total. The number of benzene rings is 2. The van der Waals surface area contributed by atoms with Crippen LogP contribution in [0.25, 0.3) is 0 Å². The number of aliphatic hydroxyl groups excluding tert-OH is 1. The summed E-state index contributed by atoms with van der Waals surface area (Å²) >= 11 is 0. The highest BCUT2D eigenvalue weighted by Crippen LogP contribution is 2.23. The molecule has 1 N–H and O–H groups in total. The van der Waals surface area contributed by atoms with Gasteiger partial charge >= 0.3 is 0 Å². The second-order valence-electron chi connectivity index (χ2n) is 4.58. The average Bonchev–Trinajstić information content (AvgIpc) is 2.39. The lowest BCUT2D eigenvalue weighted by Crippen LogP contribution is -2.00. The highest BCUT2D eigenvalue weighted by molar-refractivity contribution is 5.37. The minimum Gasteiger partial charge on any atom is -0.489 e. The molecule has 0 aromatic heterocycles. The molecule has 19 heavy (non-hydrogen) atoms. The Hall–Kier alpha value is -1.87. The average molecular weight is 260 g/mol. The van der Waals surface area contributed by atoms with Gasteiger partial charge in [-0.15, -0.1) is 0 Å². The van der Waals surface area contributed by atoms with Crippen LogP contribution in [-0.2, 0) is 6.61 Å². The first-order chi connectivity index (χ1) is 9.08. The third-order valence-corrected chi connectivity index (χ3v) is 3.02. The van der Waals surface area contributed by atoms with Gasteiger partial charge in [-0.1, -0.05) is 24.3 Å². The van der Waals surface area contributed by atoms with E-state index in [0.29, 0.717) is 11.3 Å². The standard InChI is InChI=1S/C16H17FO2/c1-11-9-13(12(2)18)7-8-16(11)19-10-14-5-3-4-6-15(14)17/h3-9,12,18H,10H2,1-2H3/t12-/m0/s1. The molecule has 0 aliphatic heterocycles. The van der Waals surface area contributed by atoms with Crippen molar-refractivity contribution in [3.63, 3.8) is 0 Å². The van der Waals surface area contributed by atoms with Crippen molar-refractivity contribution in [2.75, 3.05) is 0 Å². The van der Waals surface area contributed by atoms with Crippen molar-refractivity contribution in [3.8, 4) is 5.75 Å². The number of aryl methyl sites for hydroxylation is 1. The fourth-order valence-corrected chi connectivity index (χ4v) is 1.87. The minimum atomic E-state index is -0.501. The maximum absolute atomic E-state index is 13.4. The fraction of sp³-hybridized carbons (Fsp3) is 0.250. The molecule has 0 aliphatic rings. The van der Waals surface area contributed by atoms with Gasteiger partial charge in [0.15, 0.2) is 0 Å². The highest BCUT2D eigenvalue weighted by Gasteiger charge is 2.06. The fourth-order valence-electron chi connectivity index (χ4n) is 1.87. The molecule has 0 spiro atoms. The molecule has 0 fully saturated rings. The Bertz CT molecular complexity index is 564. The van der Waals surface area contributed by atoms with Crippen LogP contribution in [0.3, 0.4) is 0 Å². The van der Waals surface area contributed by atoms with Gasteiger partial charge in [0.1, 0.15) is 18.2 Å². The summed E-state index contributed by atoms with van der Waals surface area (Å²) in [7, 11) is 0. The third kappa shape index (κ3) is 3.32. The number of halogens is 1. The Morgan fingerprint density at radius 3 is 2.58 bits per heavy atom. The van der Waals surface area contributed by atoms with Crippen LogP contribution in [0.1, 0.15) is 29.7 Å². The van der Waals surface area contributed by atoms with E-state index in [-0.39, 0.29) is 12.4 Å². The van der Waals surface area contributed by atoms with Crippen LogP contribution in [0.5, 0.6) is 5.75 Å². The van der Waals surface area contributed by atoms with Gasteiger partial charge in [0.05, 0.1) is 6.10 Å². The van der Waals surface area contributed by atoms with Crippen molar-refractivity contribution in [1.29, 1.82) is 0 Å². The van der Waals surface area contributed by atoms with Gasteiger partial charge in [-0.2, -0.15) is 0 Å². The second kappa shape index (κ2) is 5.85. The van der Waals surface area contributed by atoms with Crippen LogP contribution >= 0.6 is 0 Å². The van der Waals surface area contributed by atoms with Crippen LogP contribution in [0.4, 0.5) is 4.39 Å². The molecule has 0 aliphatic carbocycles. The maximum Gasteiger partial charge on any atom is 0.129 e. The molecule has 0 amide bonds. The predicted octanol–water partition coefficient (Wildman–Crippen LogP) is 3.77. The van der Waals surface area contributed by atoms with Crippen molar-refractivity contribution in [2.45, 2.75) is 26.6 Å². The minimum absolute atomic E-state index is 0.196. The van der Waals surface area contributed by atoms with Crippen LogP contribution in [0, 0.1) is 12.7 Å². The van der Waals surface area contributed by atoms with Gasteiger partial charge < -0.3 is 9.84 Å². The number of aliphatic hydroxyl groups is 1. The Kier molecular flexibility index (Phi) is 4.17. The van der Waals surface area contributed by atoms with E-state index in [1.54, 1.807) is 31.2 Å². The second-order valence-corrected chi connectivity index (χ2v) is 4.58. The first-order valence-corrected chi connectivity index (χ1v) is 6.22. The highest BCUT2D eigenvalue weighted by atomic mass is 19.1. The van der Waals surface area contributed by atoms with E-state index in [9.17, 15) is 9.50 Å². The number of hydrogen-bond acceptors (Lipinski definition) is 2. The third-order valence-electron chi connectivity index (χ3n) is 3.02. The van der Waals surface area contributed by atoms with Gasteiger partial charge in [0, 0.05) is 5.56 Å². The van der Waals surface area contributed by atoms with Crippen molar-refractivity contribution in [2.24, 2.45) is 0 Å². The molecule has 2 aromatic rings. The van der Waals surface area contributed by atoms with E-state index >= 15 is 0 Å². The summed E-state index contributed by atoms with van der Waals surface area (Å²) in [5.74, 6) is 0.438. The van der Waals surface area contributed by atoms with Gasteiger partial charge in [0.25, 0.3) is 0 Å². The van der Waals surface area contributed by atoms with Crippen LogP contribution in [-0.4, -0.2) is 5.11 Å². The smallest absolute Gasteiger partial charge is 0.129 e. The van der Waals surface area contributed by atoms with E-state index in [1.165, 1.54) is 6.07 Å². The predicted molar refractivity (Wildman–Crippen MR) is 72.5 cm³/mol. The molecule has 0 saturated heterocycles. The van der Waals surface area contributed by atoms with Gasteiger partial charge in [-0.3, -0.25) is 0 Å². The topological polar surface area (TPSA) is 29.5 Å². The molecule has 3 heteroatoms. The van der Waals surface area contributed by atoms with Crippen molar-refractivity contribution in [1.82, 2.24) is 0 Å². The largest absolute Gasteiger partial charge is 0.489 e. The van der Waals surface area contributed by atoms with Crippen molar-refractivity contribution >= 4 is 0 Å². The summed E-state index contributed by atoms with van der Waals surface area (Å²) in [6.07, 6.45) is -0.501. The van der Waals surface area contributed by atoms with E-state index in [4.69, 9.17) is 4.74 Å². The molecule has 2 rings (SSSR count). The molecular weight excluding hydrogens is 243 g/mol. The van der Waals surface area contributed by atoms with E-state index in [1.807, 2.05) is 19.1 Å². The maximum atomic E-state index is 13.4. The summed E-state index contributed by atoms with van der Waals surface area (Å²) in [5.41, 5.74) is 2.30. The molecular formula is C16H17FO2. The van der Waals surface area contributed by atoms with Gasteiger partial charge in [-0.25, -0.2) is 4.39 Å². The summed E-state index contributed by atoms with van der Waals surface area (Å²) in [5, 5.41) is 9.49. The zero-order chi connectivity index (χ0) is 13.8. The molecule has 1 atom stereocenters. The lowest BCUT2D eigenvalue weighted by molar-refractivity contribution is 0.199. The molecule has 100 valence electrons. The number of hydrogen-bond donors (Lipinski definition) is 1. The molecule has 0 heterocycles. The van der Waals surface area contributed by atoms with E-state index < -0.39 is 6.10 Å². The molecule has 0 bridgehead atoms. The Morgan fingerprint density at radius 2 is 1.95 bits per heavy atom. The Balaban J connectivity index is 2.10. The molecule has 2 aromatic carbocycles. The first kappa shape index (κ1) is 13.6. The first-order valence-electron chi connectivity index (χ1n) is 6.22. The zero-order valence-corrected chi connectivity index (χ0v) is 11.1. The molecule has 0 unspecified atom stereocenters. The molecule has 0 saturated carbocycles. The van der Waals surface area contributed by atoms with Crippen molar-refractivity contribution in [3.05, 3.63) is 65.0 Å². The summed E-state index contributed by atoms with van der Waals surface area (Å²) in [6.45, 7) is 3.82. The van der Waals surface area contributed by atoms with Gasteiger partial charge in [-0.05, 0) is 43.2 Å². The Labute approximate surface area is 112 Å². The zero-order valence-electron chi connectivity index (χ0n) is 11.1. The van der Waals surface area contributed by atoms with E-state index in [2.05, 4.69) is 0 Å². The van der Waals surface area contributed by atoms with Crippen LogP contribution < -0.4 is 4.74 Å². The summed E-state index contributed by atoms with van der Waals surface area (Å²) in [6, 6.07) is 12.1. The summed E-state index contributed by atoms with van der Waals surface area (Å²) < 4.78 is 19.1. The van der Waals surface area contributed by atoms with Crippen LogP contribution in [0.15, 0.2) is 42.5 Å². The monoisotopic (exact) mass is 260 g/mol. The normalized spacial score (nSPS) is 12.2. The lowest BCUT2D eigenvalue weighted by atomic mass is 10.1. The number of ether oxygens (including phenoxy) is 1. The van der Waals surface area contributed by atoms with Crippen molar-refractivity contribution < 1.29 is 14.2 Å². The lowest BCUT2D eigenvalue weighted by Gasteiger charge is -2.12. The molecule has 0 radical (unpaired) electrons. The SMILES string of the molecule is Cc1cc([C@H](C)O)ccc1OCc1ccccc1F. The Morgan fingerprint density at radius 1 is 1.21 bits per heavy atom.